The monoisotopic (exact) mass is 282 g/mol. The van der Waals surface area contributed by atoms with Gasteiger partial charge in [-0.05, 0) is 32.0 Å². The van der Waals surface area contributed by atoms with Crippen molar-refractivity contribution in [2.24, 2.45) is 5.41 Å². The number of carbonyl (C=O) groups is 1. The van der Waals surface area contributed by atoms with Crippen molar-refractivity contribution in [3.63, 3.8) is 0 Å². The number of benzene rings is 1. The van der Waals surface area contributed by atoms with Gasteiger partial charge in [0.25, 0.3) is 5.56 Å². The molecular formula is C15H14N4O2. The standard InChI is InChI=1S/C15H14N4O2/c1-15(2,9-16)14(21)17-11-5-3-10(4-6-11)12-7-8-13(20)19-18-12/h3-8H,1-2H3,(H,17,21)(H,19,20). The van der Waals surface area contributed by atoms with Gasteiger partial charge in [-0.25, -0.2) is 5.10 Å². The quantitative estimate of drug-likeness (QED) is 0.898. The Morgan fingerprint density at radius 1 is 1.24 bits per heavy atom. The lowest BCUT2D eigenvalue weighted by Crippen LogP contribution is -2.29. The van der Waals surface area contributed by atoms with Crippen LogP contribution in [0.2, 0.25) is 0 Å². The number of aromatic nitrogens is 2. The zero-order chi connectivity index (χ0) is 15.5. The molecular weight excluding hydrogens is 268 g/mol. The van der Waals surface area contributed by atoms with Crippen LogP contribution in [0.1, 0.15) is 13.8 Å². The molecule has 0 atom stereocenters. The van der Waals surface area contributed by atoms with E-state index in [9.17, 15) is 9.59 Å². The van der Waals surface area contributed by atoms with Crippen molar-refractivity contribution in [1.82, 2.24) is 10.2 Å². The molecule has 0 unspecified atom stereocenters. The number of H-pyrrole nitrogens is 1. The van der Waals surface area contributed by atoms with Gasteiger partial charge in [-0.2, -0.15) is 10.4 Å². The van der Waals surface area contributed by atoms with Crippen LogP contribution < -0.4 is 10.9 Å². The summed E-state index contributed by atoms with van der Waals surface area (Å²) in [5.41, 5.74) is 0.686. The number of carbonyl (C=O) groups excluding carboxylic acids is 1. The molecule has 1 heterocycles. The highest BCUT2D eigenvalue weighted by atomic mass is 16.2. The number of amides is 1. The van der Waals surface area contributed by atoms with E-state index in [1.165, 1.54) is 6.07 Å². The fourth-order valence-corrected chi connectivity index (χ4v) is 1.57. The van der Waals surface area contributed by atoms with Gasteiger partial charge in [-0.1, -0.05) is 12.1 Å². The summed E-state index contributed by atoms with van der Waals surface area (Å²) in [6.07, 6.45) is 0. The molecule has 1 amide bonds. The second-order valence-electron chi connectivity index (χ2n) is 5.07. The Morgan fingerprint density at radius 2 is 1.90 bits per heavy atom. The van der Waals surface area contributed by atoms with Crippen molar-refractivity contribution in [1.29, 1.82) is 5.26 Å². The van der Waals surface area contributed by atoms with Crippen LogP contribution in [0.3, 0.4) is 0 Å². The fraction of sp³-hybridized carbons (Fsp3) is 0.200. The van der Waals surface area contributed by atoms with Crippen LogP contribution in [0, 0.1) is 16.7 Å². The number of hydrogen-bond donors (Lipinski definition) is 2. The number of hydrogen-bond acceptors (Lipinski definition) is 4. The second kappa shape index (κ2) is 5.59. The van der Waals surface area contributed by atoms with E-state index >= 15 is 0 Å². The van der Waals surface area contributed by atoms with Crippen LogP contribution in [0.5, 0.6) is 0 Å². The Bertz CT molecular complexity index is 734. The first kappa shape index (κ1) is 14.5. The molecule has 2 rings (SSSR count). The third-order valence-electron chi connectivity index (χ3n) is 2.96. The van der Waals surface area contributed by atoms with Gasteiger partial charge in [0, 0.05) is 17.3 Å². The van der Waals surface area contributed by atoms with Gasteiger partial charge in [0.05, 0.1) is 11.8 Å². The molecule has 0 fully saturated rings. The van der Waals surface area contributed by atoms with Crippen LogP contribution >= 0.6 is 0 Å². The van der Waals surface area contributed by atoms with Gasteiger partial charge in [-0.3, -0.25) is 9.59 Å². The highest BCUT2D eigenvalue weighted by molar-refractivity contribution is 5.96. The van der Waals surface area contributed by atoms with Crippen LogP contribution in [0.15, 0.2) is 41.2 Å². The summed E-state index contributed by atoms with van der Waals surface area (Å²) >= 11 is 0. The fourth-order valence-electron chi connectivity index (χ4n) is 1.57. The van der Waals surface area contributed by atoms with E-state index < -0.39 is 5.41 Å². The molecule has 0 saturated carbocycles. The van der Waals surface area contributed by atoms with Gasteiger partial charge in [0.2, 0.25) is 5.91 Å². The van der Waals surface area contributed by atoms with Crippen LogP contribution in [0.4, 0.5) is 5.69 Å². The van der Waals surface area contributed by atoms with E-state index in [0.29, 0.717) is 11.4 Å². The minimum atomic E-state index is -1.08. The van der Waals surface area contributed by atoms with Crippen molar-refractivity contribution in [3.8, 4) is 17.3 Å². The van der Waals surface area contributed by atoms with Crippen molar-refractivity contribution in [2.75, 3.05) is 5.32 Å². The Morgan fingerprint density at radius 3 is 2.43 bits per heavy atom. The second-order valence-corrected chi connectivity index (χ2v) is 5.07. The van der Waals surface area contributed by atoms with Crippen molar-refractivity contribution >= 4 is 11.6 Å². The van der Waals surface area contributed by atoms with Crippen molar-refractivity contribution < 1.29 is 4.79 Å². The first-order chi connectivity index (χ1) is 9.92. The number of nitrogens with one attached hydrogen (secondary N) is 2. The van der Waals surface area contributed by atoms with Gasteiger partial charge >= 0.3 is 0 Å². The van der Waals surface area contributed by atoms with E-state index in [1.807, 2.05) is 6.07 Å². The summed E-state index contributed by atoms with van der Waals surface area (Å²) < 4.78 is 0. The zero-order valence-electron chi connectivity index (χ0n) is 11.7. The SMILES string of the molecule is CC(C)(C#N)C(=O)Nc1ccc(-c2ccc(=O)[nH]n2)cc1. The summed E-state index contributed by atoms with van der Waals surface area (Å²) in [5, 5.41) is 17.9. The predicted molar refractivity (Wildman–Crippen MR) is 78.3 cm³/mol. The lowest BCUT2D eigenvalue weighted by atomic mass is 9.94. The molecule has 2 aromatic rings. The molecule has 0 aliphatic carbocycles. The predicted octanol–water partition coefficient (Wildman–Crippen LogP) is 1.93. The number of nitrogens with zero attached hydrogens (tertiary/aromatic N) is 2. The van der Waals surface area contributed by atoms with Crippen LogP contribution in [-0.4, -0.2) is 16.1 Å². The maximum absolute atomic E-state index is 11.9. The molecule has 0 aliphatic heterocycles. The topological polar surface area (TPSA) is 98.6 Å². The average molecular weight is 282 g/mol. The van der Waals surface area contributed by atoms with E-state index in [-0.39, 0.29) is 11.5 Å². The van der Waals surface area contributed by atoms with Crippen LogP contribution in [0.25, 0.3) is 11.3 Å². The zero-order valence-corrected chi connectivity index (χ0v) is 11.7. The van der Waals surface area contributed by atoms with E-state index in [1.54, 1.807) is 44.2 Å². The summed E-state index contributed by atoms with van der Waals surface area (Å²) in [6.45, 7) is 3.11. The summed E-state index contributed by atoms with van der Waals surface area (Å²) in [6, 6.07) is 11.9. The molecule has 0 bridgehead atoms. The number of aromatic amines is 1. The lowest BCUT2D eigenvalue weighted by Gasteiger charge is -2.15. The summed E-state index contributed by atoms with van der Waals surface area (Å²) in [4.78, 5) is 22.8. The van der Waals surface area contributed by atoms with Gasteiger partial charge in [-0.15, -0.1) is 0 Å². The Labute approximate surface area is 121 Å². The molecule has 0 spiro atoms. The van der Waals surface area contributed by atoms with E-state index in [0.717, 1.165) is 5.56 Å². The Balaban J connectivity index is 2.16. The normalized spacial score (nSPS) is 10.7. The molecule has 0 aliphatic rings. The minimum Gasteiger partial charge on any atom is -0.325 e. The average Bonchev–Trinajstić information content (AvgIpc) is 2.49. The number of anilines is 1. The molecule has 6 heteroatoms. The first-order valence-electron chi connectivity index (χ1n) is 6.31. The lowest BCUT2D eigenvalue weighted by molar-refractivity contribution is -0.121. The molecule has 2 N–H and O–H groups in total. The highest BCUT2D eigenvalue weighted by Crippen LogP contribution is 2.21. The minimum absolute atomic E-state index is 0.263. The molecule has 0 saturated heterocycles. The smallest absolute Gasteiger partial charge is 0.264 e. The van der Waals surface area contributed by atoms with E-state index in [2.05, 4.69) is 15.5 Å². The molecule has 21 heavy (non-hydrogen) atoms. The first-order valence-corrected chi connectivity index (χ1v) is 6.31. The van der Waals surface area contributed by atoms with Gasteiger partial charge in [0.15, 0.2) is 0 Å². The Kier molecular flexibility index (Phi) is 3.85. The maximum Gasteiger partial charge on any atom is 0.264 e. The van der Waals surface area contributed by atoms with Gasteiger partial charge in [0.1, 0.15) is 5.41 Å². The highest BCUT2D eigenvalue weighted by Gasteiger charge is 2.27. The van der Waals surface area contributed by atoms with E-state index in [4.69, 9.17) is 5.26 Å². The molecule has 1 aromatic carbocycles. The maximum atomic E-state index is 11.9. The number of nitriles is 1. The van der Waals surface area contributed by atoms with Crippen molar-refractivity contribution in [2.45, 2.75) is 13.8 Å². The molecule has 0 radical (unpaired) electrons. The largest absolute Gasteiger partial charge is 0.325 e. The van der Waals surface area contributed by atoms with Crippen molar-refractivity contribution in [3.05, 3.63) is 46.8 Å². The third kappa shape index (κ3) is 3.34. The molecule has 6 nitrogen and oxygen atoms in total. The number of rotatable bonds is 3. The molecule has 1 aromatic heterocycles. The molecule has 106 valence electrons. The third-order valence-corrected chi connectivity index (χ3v) is 2.96. The summed E-state index contributed by atoms with van der Waals surface area (Å²) in [7, 11) is 0. The Hall–Kier alpha value is -2.94. The van der Waals surface area contributed by atoms with Crippen LogP contribution in [-0.2, 0) is 4.79 Å². The van der Waals surface area contributed by atoms with Gasteiger partial charge < -0.3 is 5.32 Å². The summed E-state index contributed by atoms with van der Waals surface area (Å²) in [5.74, 6) is -0.361.